The van der Waals surface area contributed by atoms with Crippen LogP contribution in [0.25, 0.3) is 10.9 Å². The molecule has 2 N–H and O–H groups in total. The van der Waals surface area contributed by atoms with Gasteiger partial charge in [0.25, 0.3) is 5.91 Å². The number of nitrogens with zero attached hydrogens (tertiary/aromatic N) is 5. The molecule has 3 aromatic heterocycles. The Labute approximate surface area is 203 Å². The van der Waals surface area contributed by atoms with E-state index in [1.54, 1.807) is 24.5 Å². The fourth-order valence-electron chi connectivity index (χ4n) is 3.94. The van der Waals surface area contributed by atoms with Crippen molar-refractivity contribution in [1.82, 2.24) is 35.1 Å². The number of amides is 1. The minimum absolute atomic E-state index is 0.0691. The molecule has 8 nitrogen and oxygen atoms in total. The molecule has 5 rings (SSSR count). The Hall–Kier alpha value is -4.41. The first-order valence-electron chi connectivity index (χ1n) is 11.2. The van der Waals surface area contributed by atoms with Gasteiger partial charge in [-0.05, 0) is 41.3 Å². The molecule has 3 heterocycles. The first kappa shape index (κ1) is 23.3. The summed E-state index contributed by atoms with van der Waals surface area (Å²) in [4.78, 5) is 12.7. The van der Waals surface area contributed by atoms with Gasteiger partial charge in [0.1, 0.15) is 0 Å². The predicted molar refractivity (Wildman–Crippen MR) is 126 cm³/mol. The van der Waals surface area contributed by atoms with Crippen molar-refractivity contribution in [3.63, 3.8) is 0 Å². The third kappa shape index (κ3) is 5.14. The average Bonchev–Trinajstić information content (AvgIpc) is 3.58. The van der Waals surface area contributed by atoms with Gasteiger partial charge in [-0.3, -0.25) is 19.3 Å². The first-order valence-corrected chi connectivity index (χ1v) is 11.2. The van der Waals surface area contributed by atoms with E-state index in [0.29, 0.717) is 6.54 Å². The Balaban J connectivity index is 1.29. The van der Waals surface area contributed by atoms with E-state index in [4.69, 9.17) is 0 Å². The van der Waals surface area contributed by atoms with Crippen LogP contribution in [0.15, 0.2) is 67.3 Å². The molecular formula is C25H22F3N7O. The summed E-state index contributed by atoms with van der Waals surface area (Å²) in [5.41, 5.74) is 2.66. The molecular weight excluding hydrogens is 471 g/mol. The monoisotopic (exact) mass is 493 g/mol. The molecule has 36 heavy (non-hydrogen) atoms. The summed E-state index contributed by atoms with van der Waals surface area (Å²) in [6.07, 6.45) is 1.71. The van der Waals surface area contributed by atoms with E-state index >= 15 is 0 Å². The SMILES string of the molecule is Cc1cnn(Cc2ccc(Cn3cc(C(=O)NCc4ccc5[nH]ncc5c4)c(C(F)(F)F)n3)cc2)c1. The normalized spacial score (nSPS) is 11.8. The number of alkyl halides is 3. The van der Waals surface area contributed by atoms with Crippen LogP contribution in [0.4, 0.5) is 13.2 Å². The van der Waals surface area contributed by atoms with Gasteiger partial charge in [0, 0.05) is 24.3 Å². The highest BCUT2D eigenvalue weighted by molar-refractivity contribution is 5.95. The molecule has 11 heteroatoms. The van der Waals surface area contributed by atoms with Crippen molar-refractivity contribution in [3.05, 3.63) is 101 Å². The highest BCUT2D eigenvalue weighted by atomic mass is 19.4. The minimum Gasteiger partial charge on any atom is -0.348 e. The van der Waals surface area contributed by atoms with Crippen LogP contribution in [0.3, 0.4) is 0 Å². The van der Waals surface area contributed by atoms with Crippen molar-refractivity contribution in [1.29, 1.82) is 0 Å². The van der Waals surface area contributed by atoms with Crippen molar-refractivity contribution in [2.45, 2.75) is 32.7 Å². The Bertz CT molecular complexity index is 1510. The number of aryl methyl sites for hydroxylation is 1. The van der Waals surface area contributed by atoms with Crippen LogP contribution in [0, 0.1) is 6.92 Å². The summed E-state index contributed by atoms with van der Waals surface area (Å²) >= 11 is 0. The molecule has 0 saturated heterocycles. The van der Waals surface area contributed by atoms with E-state index in [-0.39, 0.29) is 13.1 Å². The summed E-state index contributed by atoms with van der Waals surface area (Å²) in [6, 6.07) is 12.8. The molecule has 1 amide bonds. The second kappa shape index (κ2) is 9.33. The van der Waals surface area contributed by atoms with Crippen molar-refractivity contribution >= 4 is 16.8 Å². The molecule has 0 bridgehead atoms. The zero-order chi connectivity index (χ0) is 25.3. The molecule has 2 aromatic carbocycles. The quantitative estimate of drug-likeness (QED) is 0.353. The van der Waals surface area contributed by atoms with Gasteiger partial charge in [-0.25, -0.2) is 0 Å². The Morgan fingerprint density at radius 2 is 1.67 bits per heavy atom. The summed E-state index contributed by atoms with van der Waals surface area (Å²) in [5.74, 6) is -0.842. The van der Waals surface area contributed by atoms with E-state index in [0.717, 1.165) is 44.0 Å². The lowest BCUT2D eigenvalue weighted by molar-refractivity contribution is -0.141. The number of halogens is 3. The van der Waals surface area contributed by atoms with Gasteiger partial charge in [-0.1, -0.05) is 30.3 Å². The van der Waals surface area contributed by atoms with Crippen molar-refractivity contribution in [2.24, 2.45) is 0 Å². The van der Waals surface area contributed by atoms with Gasteiger partial charge in [0.2, 0.25) is 0 Å². The lowest BCUT2D eigenvalue weighted by Gasteiger charge is -2.07. The van der Waals surface area contributed by atoms with Crippen molar-refractivity contribution < 1.29 is 18.0 Å². The Morgan fingerprint density at radius 3 is 2.33 bits per heavy atom. The van der Waals surface area contributed by atoms with E-state index in [2.05, 4.69) is 25.7 Å². The van der Waals surface area contributed by atoms with Crippen molar-refractivity contribution in [3.8, 4) is 0 Å². The fourth-order valence-corrected chi connectivity index (χ4v) is 3.94. The van der Waals surface area contributed by atoms with Gasteiger partial charge >= 0.3 is 6.18 Å². The number of carbonyl (C=O) groups is 1. The molecule has 0 fully saturated rings. The van der Waals surface area contributed by atoms with Crippen LogP contribution in [0.1, 0.15) is 38.3 Å². The average molecular weight is 493 g/mol. The van der Waals surface area contributed by atoms with Crippen LogP contribution in [-0.4, -0.2) is 35.7 Å². The molecule has 0 aliphatic carbocycles. The topological polar surface area (TPSA) is 93.4 Å². The van der Waals surface area contributed by atoms with Crippen LogP contribution in [-0.2, 0) is 25.8 Å². The zero-order valence-electron chi connectivity index (χ0n) is 19.3. The van der Waals surface area contributed by atoms with Crippen LogP contribution >= 0.6 is 0 Å². The zero-order valence-corrected chi connectivity index (χ0v) is 19.3. The number of carbonyl (C=O) groups excluding carboxylic acids is 1. The lowest BCUT2D eigenvalue weighted by Crippen LogP contribution is -2.25. The second-order valence-corrected chi connectivity index (χ2v) is 8.59. The summed E-state index contributed by atoms with van der Waals surface area (Å²) in [5, 5.41) is 18.1. The summed E-state index contributed by atoms with van der Waals surface area (Å²) in [6.45, 7) is 2.71. The number of H-pyrrole nitrogens is 1. The molecule has 5 aromatic rings. The number of fused-ring (bicyclic) bond motifs is 1. The summed E-state index contributed by atoms with van der Waals surface area (Å²) < 4.78 is 43.9. The van der Waals surface area contributed by atoms with Crippen LogP contribution in [0.2, 0.25) is 0 Å². The molecule has 0 aliphatic rings. The minimum atomic E-state index is -4.76. The standard InChI is InChI=1S/C25H22F3N7O/c1-16-9-31-34(12-16)13-17-2-4-18(5-3-17)14-35-15-21(23(33-35)25(26,27)28)24(36)29-10-19-6-7-22-20(8-19)11-30-32-22/h2-9,11-12,15H,10,13-14H2,1H3,(H,29,36)(H,30,32). The van der Waals surface area contributed by atoms with E-state index in [1.165, 1.54) is 0 Å². The molecule has 0 spiro atoms. The van der Waals surface area contributed by atoms with Gasteiger partial charge in [0.15, 0.2) is 5.69 Å². The van der Waals surface area contributed by atoms with E-state index in [1.807, 2.05) is 48.1 Å². The maximum absolute atomic E-state index is 13.7. The lowest BCUT2D eigenvalue weighted by atomic mass is 10.1. The van der Waals surface area contributed by atoms with Gasteiger partial charge < -0.3 is 5.32 Å². The molecule has 0 atom stereocenters. The third-order valence-corrected chi connectivity index (χ3v) is 5.71. The Kier molecular flexibility index (Phi) is 6.05. The van der Waals surface area contributed by atoms with E-state index in [9.17, 15) is 18.0 Å². The number of hydrogen-bond donors (Lipinski definition) is 2. The number of aromatic amines is 1. The van der Waals surface area contributed by atoms with E-state index < -0.39 is 23.3 Å². The highest BCUT2D eigenvalue weighted by Gasteiger charge is 2.39. The maximum Gasteiger partial charge on any atom is 0.435 e. The van der Waals surface area contributed by atoms with Gasteiger partial charge in [-0.2, -0.15) is 28.5 Å². The van der Waals surface area contributed by atoms with Crippen LogP contribution in [0.5, 0.6) is 0 Å². The second-order valence-electron chi connectivity index (χ2n) is 8.59. The number of nitrogens with one attached hydrogen (secondary N) is 2. The number of rotatable bonds is 7. The van der Waals surface area contributed by atoms with Crippen LogP contribution < -0.4 is 5.32 Å². The molecule has 184 valence electrons. The number of hydrogen-bond acceptors (Lipinski definition) is 4. The first-order chi connectivity index (χ1) is 17.2. The highest BCUT2D eigenvalue weighted by Crippen LogP contribution is 2.31. The van der Waals surface area contributed by atoms with Gasteiger partial charge in [-0.15, -0.1) is 0 Å². The van der Waals surface area contributed by atoms with Gasteiger partial charge in [0.05, 0.1) is 36.6 Å². The van der Waals surface area contributed by atoms with Crippen molar-refractivity contribution in [2.75, 3.05) is 0 Å². The molecule has 0 radical (unpaired) electrons. The summed E-state index contributed by atoms with van der Waals surface area (Å²) in [7, 11) is 0. The molecule has 0 saturated carbocycles. The third-order valence-electron chi connectivity index (χ3n) is 5.71. The Morgan fingerprint density at radius 1 is 0.972 bits per heavy atom. The molecule has 0 unspecified atom stereocenters. The fraction of sp³-hybridized carbons (Fsp3) is 0.200. The smallest absolute Gasteiger partial charge is 0.348 e. The largest absolute Gasteiger partial charge is 0.435 e. The predicted octanol–water partition coefficient (Wildman–Crippen LogP) is 4.31. The number of benzene rings is 2. The molecule has 0 aliphatic heterocycles. The number of aromatic nitrogens is 6. The maximum atomic E-state index is 13.7.